The number of esters is 2. The van der Waals surface area contributed by atoms with Gasteiger partial charge in [-0.1, -0.05) is 24.0 Å². The fourth-order valence-corrected chi connectivity index (χ4v) is 2.42. The lowest BCUT2D eigenvalue weighted by Crippen LogP contribution is -2.19. The van der Waals surface area contributed by atoms with Crippen LogP contribution in [0.5, 0.6) is 0 Å². The van der Waals surface area contributed by atoms with Crippen molar-refractivity contribution in [3.63, 3.8) is 0 Å². The zero-order chi connectivity index (χ0) is 13.8. The molecule has 0 heterocycles. The monoisotopic (exact) mass is 256 g/mol. The van der Waals surface area contributed by atoms with E-state index >= 15 is 0 Å². The highest BCUT2D eigenvalue weighted by Crippen LogP contribution is 2.44. The van der Waals surface area contributed by atoms with Gasteiger partial charge >= 0.3 is 11.9 Å². The topological polar surface area (TPSA) is 52.6 Å². The number of terminal acetylenes is 2. The number of rotatable bonds is 4. The van der Waals surface area contributed by atoms with Gasteiger partial charge in [0, 0.05) is 11.8 Å². The summed E-state index contributed by atoms with van der Waals surface area (Å²) in [4.78, 5) is 23.9. The SMILES string of the molecule is C#CCOC(=O)C1=C(C(=O)OCC#C)[C@H]2C=C[C@@H]1C2. The molecule has 0 amide bonds. The minimum atomic E-state index is -0.553. The Balaban J connectivity index is 2.22. The van der Waals surface area contributed by atoms with Crippen molar-refractivity contribution in [1.82, 2.24) is 0 Å². The van der Waals surface area contributed by atoms with Crippen LogP contribution in [0.15, 0.2) is 23.3 Å². The van der Waals surface area contributed by atoms with E-state index < -0.39 is 11.9 Å². The third-order valence-corrected chi connectivity index (χ3v) is 3.13. The van der Waals surface area contributed by atoms with Crippen LogP contribution in [0.25, 0.3) is 0 Å². The molecule has 0 saturated heterocycles. The zero-order valence-electron chi connectivity index (χ0n) is 10.2. The first-order valence-electron chi connectivity index (χ1n) is 5.82. The van der Waals surface area contributed by atoms with E-state index in [0.29, 0.717) is 17.6 Å². The molecule has 4 nitrogen and oxygen atoms in total. The van der Waals surface area contributed by atoms with Crippen molar-refractivity contribution in [2.24, 2.45) is 11.8 Å². The molecule has 0 aliphatic heterocycles. The van der Waals surface area contributed by atoms with E-state index in [1.54, 1.807) is 0 Å². The highest BCUT2D eigenvalue weighted by molar-refractivity contribution is 6.03. The van der Waals surface area contributed by atoms with E-state index in [4.69, 9.17) is 22.3 Å². The summed E-state index contributed by atoms with van der Waals surface area (Å²) < 4.78 is 9.80. The smallest absolute Gasteiger partial charge is 0.336 e. The van der Waals surface area contributed by atoms with Crippen LogP contribution in [0.1, 0.15) is 6.42 Å². The Morgan fingerprint density at radius 2 is 1.47 bits per heavy atom. The molecule has 96 valence electrons. The van der Waals surface area contributed by atoms with Crippen LogP contribution in [-0.2, 0) is 19.1 Å². The molecule has 2 aliphatic carbocycles. The van der Waals surface area contributed by atoms with Crippen molar-refractivity contribution >= 4 is 11.9 Å². The Hall–Kier alpha value is -2.46. The van der Waals surface area contributed by atoms with Crippen molar-refractivity contribution in [2.75, 3.05) is 13.2 Å². The summed E-state index contributed by atoms with van der Waals surface area (Å²) in [5.41, 5.74) is 0.703. The summed E-state index contributed by atoms with van der Waals surface area (Å²) in [6.45, 7) is -0.230. The van der Waals surface area contributed by atoms with E-state index in [-0.39, 0.29) is 25.0 Å². The Morgan fingerprint density at radius 3 is 1.84 bits per heavy atom. The van der Waals surface area contributed by atoms with E-state index in [0.717, 1.165) is 0 Å². The summed E-state index contributed by atoms with van der Waals surface area (Å²) in [5, 5.41) is 0. The second kappa shape index (κ2) is 5.46. The minimum absolute atomic E-state index is 0.0938. The lowest BCUT2D eigenvalue weighted by atomic mass is 9.97. The lowest BCUT2D eigenvalue weighted by molar-refractivity contribution is -0.141. The second-order valence-electron chi connectivity index (χ2n) is 4.22. The molecule has 0 radical (unpaired) electrons. The van der Waals surface area contributed by atoms with Crippen LogP contribution < -0.4 is 0 Å². The summed E-state index contributed by atoms with van der Waals surface area (Å²) in [6.07, 6.45) is 14.6. The number of allylic oxidation sites excluding steroid dienone is 2. The standard InChI is InChI=1S/C15H12O4/c1-3-7-18-14(16)12-10-5-6-11(9-10)13(12)15(17)19-8-4-2/h1-2,5-6,10-11H,7-9H2/t10-,11+. The molecule has 19 heavy (non-hydrogen) atoms. The average Bonchev–Trinajstić information content (AvgIpc) is 3.02. The molecular weight excluding hydrogens is 244 g/mol. The second-order valence-corrected chi connectivity index (χ2v) is 4.22. The van der Waals surface area contributed by atoms with Crippen LogP contribution >= 0.6 is 0 Å². The zero-order valence-corrected chi connectivity index (χ0v) is 10.2. The first-order valence-corrected chi connectivity index (χ1v) is 5.82. The van der Waals surface area contributed by atoms with Crippen molar-refractivity contribution in [2.45, 2.75) is 6.42 Å². The van der Waals surface area contributed by atoms with Gasteiger partial charge in [0.1, 0.15) is 0 Å². The van der Waals surface area contributed by atoms with Gasteiger partial charge < -0.3 is 9.47 Å². The molecule has 2 atom stereocenters. The fourth-order valence-electron chi connectivity index (χ4n) is 2.42. The van der Waals surface area contributed by atoms with E-state index in [2.05, 4.69) is 11.8 Å². The van der Waals surface area contributed by atoms with E-state index in [9.17, 15) is 9.59 Å². The molecule has 0 aromatic rings. The predicted octanol–water partition coefficient (Wildman–Crippen LogP) is 0.842. The quantitative estimate of drug-likeness (QED) is 0.425. The fraction of sp³-hybridized carbons (Fsp3) is 0.333. The van der Waals surface area contributed by atoms with Crippen LogP contribution in [-0.4, -0.2) is 25.2 Å². The molecule has 0 unspecified atom stereocenters. The van der Waals surface area contributed by atoms with Gasteiger partial charge in [-0.2, -0.15) is 0 Å². The highest BCUT2D eigenvalue weighted by atomic mass is 16.5. The Bertz CT molecular complexity index is 506. The molecule has 2 rings (SSSR count). The van der Waals surface area contributed by atoms with Gasteiger partial charge in [0.05, 0.1) is 11.1 Å². The molecule has 2 aliphatic rings. The van der Waals surface area contributed by atoms with Crippen LogP contribution in [0.2, 0.25) is 0 Å². The maximum Gasteiger partial charge on any atom is 0.336 e. The molecule has 0 aromatic heterocycles. The molecule has 0 fully saturated rings. The van der Waals surface area contributed by atoms with Gasteiger partial charge in [-0.05, 0) is 6.42 Å². The van der Waals surface area contributed by atoms with E-state index in [1.165, 1.54) is 0 Å². The summed E-state index contributed by atoms with van der Waals surface area (Å²) in [7, 11) is 0. The van der Waals surface area contributed by atoms with Crippen molar-refractivity contribution < 1.29 is 19.1 Å². The number of hydrogen-bond donors (Lipinski definition) is 0. The number of carbonyl (C=O) groups is 2. The highest BCUT2D eigenvalue weighted by Gasteiger charge is 2.42. The average molecular weight is 256 g/mol. The Labute approximate surface area is 111 Å². The summed E-state index contributed by atoms with van der Waals surface area (Å²) in [5.74, 6) is 3.14. The van der Waals surface area contributed by atoms with E-state index in [1.807, 2.05) is 12.2 Å². The van der Waals surface area contributed by atoms with Crippen molar-refractivity contribution in [3.8, 4) is 24.7 Å². The third kappa shape index (κ3) is 2.39. The van der Waals surface area contributed by atoms with Gasteiger partial charge in [-0.3, -0.25) is 0 Å². The van der Waals surface area contributed by atoms with Crippen LogP contribution in [0, 0.1) is 36.5 Å². The van der Waals surface area contributed by atoms with Gasteiger partial charge in [-0.25, -0.2) is 9.59 Å². The molecule has 0 spiro atoms. The largest absolute Gasteiger partial charge is 0.449 e. The molecule has 4 heteroatoms. The minimum Gasteiger partial charge on any atom is -0.449 e. The van der Waals surface area contributed by atoms with Crippen molar-refractivity contribution in [3.05, 3.63) is 23.3 Å². The van der Waals surface area contributed by atoms with Gasteiger partial charge in [0.25, 0.3) is 0 Å². The number of ether oxygens (including phenoxy) is 2. The normalized spacial score (nSPS) is 22.8. The lowest BCUT2D eigenvalue weighted by Gasteiger charge is -2.13. The van der Waals surface area contributed by atoms with Crippen molar-refractivity contribution in [1.29, 1.82) is 0 Å². The maximum atomic E-state index is 11.9. The van der Waals surface area contributed by atoms with Crippen LogP contribution in [0.4, 0.5) is 0 Å². The first-order chi connectivity index (χ1) is 9.19. The molecule has 0 saturated carbocycles. The van der Waals surface area contributed by atoms with Gasteiger partial charge in [-0.15, -0.1) is 12.8 Å². The van der Waals surface area contributed by atoms with Gasteiger partial charge in [0.15, 0.2) is 13.2 Å². The maximum absolute atomic E-state index is 11.9. The summed E-state index contributed by atoms with van der Waals surface area (Å²) in [6, 6.07) is 0. The Kier molecular flexibility index (Phi) is 3.73. The Morgan fingerprint density at radius 1 is 1.05 bits per heavy atom. The molecule has 0 aromatic carbocycles. The summed E-state index contributed by atoms with van der Waals surface area (Å²) >= 11 is 0. The first kappa shape index (κ1) is 13.0. The van der Waals surface area contributed by atoms with Crippen LogP contribution in [0.3, 0.4) is 0 Å². The van der Waals surface area contributed by atoms with Gasteiger partial charge in [0.2, 0.25) is 0 Å². The number of hydrogen-bond acceptors (Lipinski definition) is 4. The molecule has 0 N–H and O–H groups in total. The molecule has 2 bridgehead atoms. The third-order valence-electron chi connectivity index (χ3n) is 3.13. The number of carbonyl (C=O) groups excluding carboxylic acids is 2. The number of fused-ring (bicyclic) bond motifs is 2. The predicted molar refractivity (Wildman–Crippen MR) is 67.3 cm³/mol. The molecular formula is C15H12O4.